The summed E-state index contributed by atoms with van der Waals surface area (Å²) < 4.78 is 4.32. The van der Waals surface area contributed by atoms with Crippen LogP contribution in [0, 0.1) is 0 Å². The molecule has 0 aliphatic heterocycles. The number of carbonyl (C=O) groups excluding carboxylic acids is 3. The van der Waals surface area contributed by atoms with E-state index in [9.17, 15) is 19.5 Å². The van der Waals surface area contributed by atoms with Crippen LogP contribution in [0.1, 0.15) is 15.9 Å². The lowest BCUT2D eigenvalue weighted by atomic mass is 9.78. The highest BCUT2D eigenvalue weighted by Crippen LogP contribution is 2.27. The average molecular weight is 234 g/mol. The maximum atomic E-state index is 12.0. The number of aliphatic hydroxyl groups is 1. The lowest BCUT2D eigenvalue weighted by Crippen LogP contribution is -2.57. The van der Waals surface area contributed by atoms with Gasteiger partial charge >= 0.3 is 5.97 Å². The molecule has 0 saturated heterocycles. The van der Waals surface area contributed by atoms with Crippen LogP contribution in [-0.4, -0.2) is 35.4 Å². The summed E-state index contributed by atoms with van der Waals surface area (Å²) >= 11 is 0. The number of Topliss-reactive ketones (excluding diaryl/α,β-unsaturated/α-hetero) is 2. The van der Waals surface area contributed by atoms with Crippen molar-refractivity contribution in [3.63, 3.8) is 0 Å². The van der Waals surface area contributed by atoms with Crippen LogP contribution < -0.4 is 0 Å². The molecule has 1 atom stereocenters. The number of ether oxygens (including phenoxy) is 1. The normalized spacial score (nSPS) is 23.2. The zero-order chi connectivity index (χ0) is 12.6. The predicted molar refractivity (Wildman–Crippen MR) is 56.4 cm³/mol. The van der Waals surface area contributed by atoms with Crippen molar-refractivity contribution >= 4 is 17.5 Å². The Morgan fingerprint density at radius 2 is 2.00 bits per heavy atom. The third kappa shape index (κ3) is 1.47. The molecule has 88 valence electrons. The second kappa shape index (κ2) is 3.78. The van der Waals surface area contributed by atoms with Gasteiger partial charge in [0.1, 0.15) is 0 Å². The van der Waals surface area contributed by atoms with Gasteiger partial charge < -0.3 is 9.84 Å². The Bertz CT molecular complexity index is 519. The average Bonchev–Trinajstić information content (AvgIpc) is 2.35. The topological polar surface area (TPSA) is 80.7 Å². The monoisotopic (exact) mass is 234 g/mol. The van der Waals surface area contributed by atoms with Crippen LogP contribution in [0.5, 0.6) is 0 Å². The maximum Gasteiger partial charge on any atom is 0.354 e. The van der Waals surface area contributed by atoms with Crippen LogP contribution in [0.3, 0.4) is 0 Å². The van der Waals surface area contributed by atoms with Gasteiger partial charge in [-0.3, -0.25) is 9.59 Å². The van der Waals surface area contributed by atoms with Gasteiger partial charge in [-0.2, -0.15) is 0 Å². The van der Waals surface area contributed by atoms with Crippen molar-refractivity contribution in [1.82, 2.24) is 0 Å². The van der Waals surface area contributed by atoms with Crippen LogP contribution in [0.4, 0.5) is 0 Å². The van der Waals surface area contributed by atoms with Gasteiger partial charge in [0.2, 0.25) is 5.78 Å². The molecular weight excluding hydrogens is 224 g/mol. The number of esters is 1. The Balaban J connectivity index is 2.58. The molecule has 1 aliphatic carbocycles. The first kappa shape index (κ1) is 11.5. The van der Waals surface area contributed by atoms with E-state index in [-0.39, 0.29) is 12.0 Å². The van der Waals surface area contributed by atoms with Gasteiger partial charge in [-0.1, -0.05) is 24.3 Å². The summed E-state index contributed by atoms with van der Waals surface area (Å²) in [6.45, 7) is 0. The molecule has 17 heavy (non-hydrogen) atoms. The molecule has 1 aliphatic rings. The van der Waals surface area contributed by atoms with Gasteiger partial charge in [0.15, 0.2) is 5.78 Å². The Labute approximate surface area is 97.0 Å². The van der Waals surface area contributed by atoms with Gasteiger partial charge in [0, 0.05) is 12.0 Å². The number of rotatable bonds is 1. The highest BCUT2D eigenvalue weighted by molar-refractivity contribution is 6.33. The SMILES string of the molecule is COC(=O)C1(O)C(=O)Cc2ccccc2C1=O. The molecule has 5 heteroatoms. The van der Waals surface area contributed by atoms with Crippen molar-refractivity contribution in [3.05, 3.63) is 35.4 Å². The Kier molecular flexibility index (Phi) is 2.55. The molecule has 5 nitrogen and oxygen atoms in total. The summed E-state index contributed by atoms with van der Waals surface area (Å²) in [4.78, 5) is 35.1. The van der Waals surface area contributed by atoms with E-state index >= 15 is 0 Å². The summed E-state index contributed by atoms with van der Waals surface area (Å²) in [5, 5.41) is 9.95. The smallest absolute Gasteiger partial charge is 0.354 e. The molecule has 0 radical (unpaired) electrons. The number of hydrogen-bond acceptors (Lipinski definition) is 5. The fourth-order valence-corrected chi connectivity index (χ4v) is 1.87. The number of carbonyl (C=O) groups is 3. The highest BCUT2D eigenvalue weighted by Gasteiger charge is 2.55. The first-order chi connectivity index (χ1) is 8.01. The van der Waals surface area contributed by atoms with Crippen molar-refractivity contribution < 1.29 is 24.2 Å². The summed E-state index contributed by atoms with van der Waals surface area (Å²) in [7, 11) is 1.02. The van der Waals surface area contributed by atoms with E-state index in [2.05, 4.69) is 4.74 Å². The number of fused-ring (bicyclic) bond motifs is 1. The van der Waals surface area contributed by atoms with Gasteiger partial charge in [0.05, 0.1) is 7.11 Å². The van der Waals surface area contributed by atoms with Crippen molar-refractivity contribution in [3.8, 4) is 0 Å². The minimum atomic E-state index is -2.69. The predicted octanol–water partition coefficient (Wildman–Crippen LogP) is -0.101. The van der Waals surface area contributed by atoms with Gasteiger partial charge in [-0.15, -0.1) is 0 Å². The number of hydrogen-bond donors (Lipinski definition) is 1. The number of benzene rings is 1. The lowest BCUT2D eigenvalue weighted by Gasteiger charge is -2.27. The van der Waals surface area contributed by atoms with Crippen LogP contribution in [0.2, 0.25) is 0 Å². The third-order valence-electron chi connectivity index (χ3n) is 2.83. The lowest BCUT2D eigenvalue weighted by molar-refractivity contribution is -0.162. The van der Waals surface area contributed by atoms with E-state index in [1.807, 2.05) is 0 Å². The molecule has 1 N–H and O–H groups in total. The molecule has 2 rings (SSSR count). The molecule has 0 aromatic heterocycles. The van der Waals surface area contributed by atoms with Crippen molar-refractivity contribution in [1.29, 1.82) is 0 Å². The van der Waals surface area contributed by atoms with Crippen molar-refractivity contribution in [2.24, 2.45) is 0 Å². The van der Waals surface area contributed by atoms with E-state index < -0.39 is 23.1 Å². The van der Waals surface area contributed by atoms with Crippen LogP contribution >= 0.6 is 0 Å². The summed E-state index contributed by atoms with van der Waals surface area (Å²) in [5.41, 5.74) is -2.00. The Morgan fingerprint density at radius 3 is 2.65 bits per heavy atom. The molecule has 0 saturated carbocycles. The third-order valence-corrected chi connectivity index (χ3v) is 2.83. The van der Waals surface area contributed by atoms with Crippen molar-refractivity contribution in [2.45, 2.75) is 12.0 Å². The molecule has 0 bridgehead atoms. The van der Waals surface area contributed by atoms with Gasteiger partial charge in [-0.05, 0) is 5.56 Å². The van der Waals surface area contributed by atoms with Crippen LogP contribution in [-0.2, 0) is 20.7 Å². The first-order valence-electron chi connectivity index (χ1n) is 4.98. The van der Waals surface area contributed by atoms with E-state index in [0.717, 1.165) is 7.11 Å². The van der Waals surface area contributed by atoms with Crippen LogP contribution in [0.25, 0.3) is 0 Å². The van der Waals surface area contributed by atoms with E-state index in [1.165, 1.54) is 6.07 Å². The maximum absolute atomic E-state index is 12.0. The fourth-order valence-electron chi connectivity index (χ4n) is 1.87. The molecule has 0 heterocycles. The molecular formula is C12H10O5. The summed E-state index contributed by atoms with van der Waals surface area (Å²) in [5.74, 6) is -3.01. The van der Waals surface area contributed by atoms with Gasteiger partial charge in [0.25, 0.3) is 5.60 Å². The molecule has 0 fully saturated rings. The standard InChI is InChI=1S/C12H10O5/c1-17-11(15)12(16)9(13)6-7-4-2-3-5-8(7)10(12)14/h2-5,16H,6H2,1H3. The number of ketones is 2. The van der Waals surface area contributed by atoms with Crippen molar-refractivity contribution in [2.75, 3.05) is 7.11 Å². The molecule has 1 aromatic carbocycles. The minimum Gasteiger partial charge on any atom is -0.466 e. The van der Waals surface area contributed by atoms with Gasteiger partial charge in [-0.25, -0.2) is 4.79 Å². The molecule has 1 unspecified atom stereocenters. The summed E-state index contributed by atoms with van der Waals surface area (Å²) in [6, 6.07) is 6.37. The largest absolute Gasteiger partial charge is 0.466 e. The van der Waals surface area contributed by atoms with E-state index in [1.54, 1.807) is 18.2 Å². The molecule has 0 spiro atoms. The molecule has 0 amide bonds. The zero-order valence-corrected chi connectivity index (χ0v) is 9.10. The quantitative estimate of drug-likeness (QED) is 0.542. The second-order valence-corrected chi connectivity index (χ2v) is 3.79. The minimum absolute atomic E-state index is 0.159. The zero-order valence-electron chi connectivity index (χ0n) is 9.10. The second-order valence-electron chi connectivity index (χ2n) is 3.79. The Hall–Kier alpha value is -2.01. The van der Waals surface area contributed by atoms with E-state index in [4.69, 9.17) is 0 Å². The van der Waals surface area contributed by atoms with E-state index in [0.29, 0.717) is 5.56 Å². The summed E-state index contributed by atoms with van der Waals surface area (Å²) in [6.07, 6.45) is -0.159. The fraction of sp³-hybridized carbons (Fsp3) is 0.250. The Morgan fingerprint density at radius 1 is 1.35 bits per heavy atom. The highest BCUT2D eigenvalue weighted by atomic mass is 16.5. The number of methoxy groups -OCH3 is 1. The molecule has 1 aromatic rings. The van der Waals surface area contributed by atoms with Crippen LogP contribution in [0.15, 0.2) is 24.3 Å². The first-order valence-corrected chi connectivity index (χ1v) is 4.98.